The van der Waals surface area contributed by atoms with Crippen molar-refractivity contribution < 1.29 is 13.2 Å². The number of carbonyl (C=O) groups is 1. The Kier molecular flexibility index (Phi) is 5.05. The number of thioether (sulfide) groups is 1. The van der Waals surface area contributed by atoms with Gasteiger partial charge in [0.25, 0.3) is 5.91 Å². The molecule has 26 heavy (non-hydrogen) atoms. The summed E-state index contributed by atoms with van der Waals surface area (Å²) in [5, 5.41) is 0. The molecular formula is C19H26N2O3S2. The molecule has 0 spiro atoms. The Bertz CT molecular complexity index is 803. The van der Waals surface area contributed by atoms with Gasteiger partial charge < -0.3 is 4.90 Å². The largest absolute Gasteiger partial charge is 0.339 e. The van der Waals surface area contributed by atoms with E-state index in [1.165, 1.54) is 18.2 Å². The molecule has 1 amide bonds. The Morgan fingerprint density at radius 1 is 1.19 bits per heavy atom. The van der Waals surface area contributed by atoms with Crippen molar-refractivity contribution in [1.82, 2.24) is 9.62 Å². The smallest absolute Gasteiger partial charge is 0.255 e. The number of fused-ring (bicyclic) bond motifs is 2. The number of benzene rings is 1. The van der Waals surface area contributed by atoms with Crippen LogP contribution in [0.25, 0.3) is 0 Å². The molecule has 1 aromatic rings. The molecule has 2 bridgehead atoms. The number of nitrogens with one attached hydrogen (secondary N) is 1. The molecule has 4 rings (SSSR count). The molecule has 5 nitrogen and oxygen atoms in total. The van der Waals surface area contributed by atoms with Gasteiger partial charge in [-0.2, -0.15) is 0 Å². The highest BCUT2D eigenvalue weighted by Gasteiger charge is 2.41. The van der Waals surface area contributed by atoms with E-state index in [0.29, 0.717) is 17.4 Å². The molecule has 3 fully saturated rings. The van der Waals surface area contributed by atoms with Crippen molar-refractivity contribution in [3.05, 3.63) is 23.8 Å². The molecule has 1 aromatic carbocycles. The predicted octanol–water partition coefficient (Wildman–Crippen LogP) is 3.11. The Morgan fingerprint density at radius 3 is 2.58 bits per heavy atom. The minimum Gasteiger partial charge on any atom is -0.339 e. The van der Waals surface area contributed by atoms with Gasteiger partial charge in [0.05, 0.1) is 10.5 Å². The predicted molar refractivity (Wildman–Crippen MR) is 103 cm³/mol. The molecule has 1 heterocycles. The Hall–Kier alpha value is -1.05. The molecule has 3 aliphatic rings. The van der Waals surface area contributed by atoms with E-state index in [4.69, 9.17) is 0 Å². The third kappa shape index (κ3) is 3.41. The second-order valence-corrected chi connectivity index (χ2v) is 10.3. The maximum atomic E-state index is 12.9. The van der Waals surface area contributed by atoms with E-state index in [9.17, 15) is 13.2 Å². The lowest BCUT2D eigenvalue weighted by Gasteiger charge is -2.23. The fraction of sp³-hybridized carbons (Fsp3) is 0.632. The molecule has 1 N–H and O–H groups in total. The van der Waals surface area contributed by atoms with Crippen molar-refractivity contribution in [2.45, 2.75) is 54.4 Å². The molecule has 1 aliphatic heterocycles. The molecule has 2 saturated carbocycles. The van der Waals surface area contributed by atoms with Crippen LogP contribution in [-0.4, -0.2) is 44.6 Å². The van der Waals surface area contributed by atoms with Crippen molar-refractivity contribution >= 4 is 27.7 Å². The lowest BCUT2D eigenvalue weighted by molar-refractivity contribution is 0.0789. The second kappa shape index (κ2) is 7.17. The van der Waals surface area contributed by atoms with Crippen molar-refractivity contribution in [2.24, 2.45) is 11.8 Å². The average molecular weight is 395 g/mol. The fourth-order valence-electron chi connectivity index (χ4n) is 4.77. The first-order valence-corrected chi connectivity index (χ1v) is 12.2. The second-order valence-electron chi connectivity index (χ2n) is 7.76. The van der Waals surface area contributed by atoms with Gasteiger partial charge in [-0.3, -0.25) is 4.79 Å². The molecule has 1 saturated heterocycles. The highest BCUT2D eigenvalue weighted by Crippen LogP contribution is 2.44. The van der Waals surface area contributed by atoms with Gasteiger partial charge >= 0.3 is 0 Å². The van der Waals surface area contributed by atoms with Crippen LogP contribution in [0.4, 0.5) is 0 Å². The standard InChI is InChI=1S/C19H26N2O3S2/c1-25-18-7-6-15(12-16(18)19(22)21-8-2-3-9-21)26(23,24)20-17-11-13-4-5-14(17)10-13/h6-7,12-14,17,20H,2-5,8-11H2,1H3. The average Bonchev–Trinajstić information content (AvgIpc) is 3.38. The van der Waals surface area contributed by atoms with Crippen LogP contribution in [0, 0.1) is 11.8 Å². The summed E-state index contributed by atoms with van der Waals surface area (Å²) in [5.41, 5.74) is 0.509. The quantitative estimate of drug-likeness (QED) is 0.780. The van der Waals surface area contributed by atoms with E-state index in [1.54, 1.807) is 18.2 Å². The number of nitrogens with zero attached hydrogens (tertiary/aromatic N) is 1. The first-order valence-electron chi connectivity index (χ1n) is 9.47. The van der Waals surface area contributed by atoms with Crippen molar-refractivity contribution in [3.63, 3.8) is 0 Å². The van der Waals surface area contributed by atoms with Crippen molar-refractivity contribution in [3.8, 4) is 0 Å². The zero-order valence-electron chi connectivity index (χ0n) is 15.1. The maximum Gasteiger partial charge on any atom is 0.255 e. The van der Waals surface area contributed by atoms with E-state index in [0.717, 1.165) is 50.1 Å². The molecule has 0 aromatic heterocycles. The summed E-state index contributed by atoms with van der Waals surface area (Å²) in [5.74, 6) is 1.11. The molecule has 7 heteroatoms. The first kappa shape index (κ1) is 18.3. The lowest BCUT2D eigenvalue weighted by atomic mass is 9.96. The number of rotatable bonds is 5. The van der Waals surface area contributed by atoms with E-state index in [2.05, 4.69) is 4.72 Å². The Labute approximate surface area is 160 Å². The summed E-state index contributed by atoms with van der Waals surface area (Å²) in [4.78, 5) is 15.7. The van der Waals surface area contributed by atoms with Gasteiger partial charge in [0, 0.05) is 24.0 Å². The molecule has 142 valence electrons. The minimum atomic E-state index is -3.60. The molecule has 3 unspecified atom stereocenters. The van der Waals surface area contributed by atoms with Crippen LogP contribution >= 0.6 is 11.8 Å². The van der Waals surface area contributed by atoms with E-state index in [1.807, 2.05) is 11.2 Å². The SMILES string of the molecule is CSc1ccc(S(=O)(=O)NC2CC3CCC2C3)cc1C(=O)N1CCCC1. The van der Waals surface area contributed by atoms with Gasteiger partial charge in [0.2, 0.25) is 10.0 Å². The number of hydrogen-bond acceptors (Lipinski definition) is 4. The van der Waals surface area contributed by atoms with Gasteiger partial charge in [-0.05, 0) is 68.4 Å². The zero-order valence-corrected chi connectivity index (χ0v) is 16.7. The molecular weight excluding hydrogens is 368 g/mol. The van der Waals surface area contributed by atoms with Crippen LogP contribution in [-0.2, 0) is 10.0 Å². The van der Waals surface area contributed by atoms with E-state index in [-0.39, 0.29) is 16.8 Å². The number of hydrogen-bond donors (Lipinski definition) is 1. The fourth-order valence-corrected chi connectivity index (χ4v) is 6.68. The van der Waals surface area contributed by atoms with E-state index >= 15 is 0 Å². The third-order valence-electron chi connectivity index (χ3n) is 6.15. The summed E-state index contributed by atoms with van der Waals surface area (Å²) in [6, 6.07) is 5.02. The maximum absolute atomic E-state index is 12.9. The van der Waals surface area contributed by atoms with Gasteiger partial charge in [-0.15, -0.1) is 11.8 Å². The van der Waals surface area contributed by atoms with Crippen LogP contribution in [0.1, 0.15) is 48.9 Å². The molecule has 2 aliphatic carbocycles. The lowest BCUT2D eigenvalue weighted by Crippen LogP contribution is -2.38. The van der Waals surface area contributed by atoms with Crippen LogP contribution in [0.5, 0.6) is 0 Å². The zero-order chi connectivity index (χ0) is 18.3. The first-order chi connectivity index (χ1) is 12.5. The van der Waals surface area contributed by atoms with Gasteiger partial charge in [0.15, 0.2) is 0 Å². The van der Waals surface area contributed by atoms with Gasteiger partial charge in [0.1, 0.15) is 0 Å². The highest BCUT2D eigenvalue weighted by atomic mass is 32.2. The highest BCUT2D eigenvalue weighted by molar-refractivity contribution is 7.98. The summed E-state index contributed by atoms with van der Waals surface area (Å²) in [7, 11) is -3.60. The summed E-state index contributed by atoms with van der Waals surface area (Å²) in [6.45, 7) is 1.51. The van der Waals surface area contributed by atoms with Crippen LogP contribution in [0.3, 0.4) is 0 Å². The minimum absolute atomic E-state index is 0.0520. The molecule has 0 radical (unpaired) electrons. The number of likely N-dealkylation sites (tertiary alicyclic amines) is 1. The summed E-state index contributed by atoms with van der Waals surface area (Å²) < 4.78 is 28.8. The Balaban J connectivity index is 1.59. The number of carbonyl (C=O) groups excluding carboxylic acids is 1. The van der Waals surface area contributed by atoms with Gasteiger partial charge in [-0.25, -0.2) is 13.1 Å². The monoisotopic (exact) mass is 394 g/mol. The molecule has 3 atom stereocenters. The Morgan fingerprint density at radius 2 is 1.96 bits per heavy atom. The van der Waals surface area contributed by atoms with Crippen LogP contribution in [0.15, 0.2) is 28.0 Å². The normalized spacial score (nSPS) is 28.0. The summed E-state index contributed by atoms with van der Waals surface area (Å²) >= 11 is 1.48. The van der Waals surface area contributed by atoms with Gasteiger partial charge in [-0.1, -0.05) is 6.42 Å². The third-order valence-corrected chi connectivity index (χ3v) is 8.43. The summed E-state index contributed by atoms with van der Waals surface area (Å²) in [6.07, 6.45) is 8.41. The van der Waals surface area contributed by atoms with Crippen molar-refractivity contribution in [1.29, 1.82) is 0 Å². The number of sulfonamides is 1. The number of amides is 1. The van der Waals surface area contributed by atoms with Crippen LogP contribution in [0.2, 0.25) is 0 Å². The topological polar surface area (TPSA) is 66.5 Å². The van der Waals surface area contributed by atoms with Crippen molar-refractivity contribution in [2.75, 3.05) is 19.3 Å². The van der Waals surface area contributed by atoms with E-state index < -0.39 is 10.0 Å². The van der Waals surface area contributed by atoms with Crippen LogP contribution < -0.4 is 4.72 Å².